The molecule has 178 valence electrons. The molecule has 0 saturated carbocycles. The van der Waals surface area contributed by atoms with Crippen LogP contribution in [-0.2, 0) is 11.2 Å². The summed E-state index contributed by atoms with van der Waals surface area (Å²) in [5, 5.41) is 2.93. The van der Waals surface area contributed by atoms with Crippen molar-refractivity contribution < 1.29 is 14.3 Å². The molecule has 0 aliphatic heterocycles. The second-order valence-electron chi connectivity index (χ2n) is 9.02. The van der Waals surface area contributed by atoms with Crippen molar-refractivity contribution in [2.45, 2.75) is 51.4 Å². The molecule has 0 bridgehead atoms. The van der Waals surface area contributed by atoms with Gasteiger partial charge >= 0.3 is 0 Å². The van der Waals surface area contributed by atoms with E-state index in [2.05, 4.69) is 59.9 Å². The second kappa shape index (κ2) is 12.3. The molecule has 0 saturated heterocycles. The zero-order valence-electron chi connectivity index (χ0n) is 20.1. The van der Waals surface area contributed by atoms with Crippen LogP contribution in [0.2, 0.25) is 0 Å². The first-order valence-corrected chi connectivity index (χ1v) is 12.5. The van der Waals surface area contributed by atoms with Gasteiger partial charge in [-0.25, -0.2) is 0 Å². The van der Waals surface area contributed by atoms with Crippen LogP contribution >= 0.6 is 0 Å². The first-order chi connectivity index (χ1) is 16.7. The maximum Gasteiger partial charge on any atom is 0.216 e. The Balaban J connectivity index is 1.21. The summed E-state index contributed by atoms with van der Waals surface area (Å²) >= 11 is 0. The number of nitrogens with one attached hydrogen (secondary N) is 1. The van der Waals surface area contributed by atoms with E-state index in [1.54, 1.807) is 6.92 Å². The zero-order valence-corrected chi connectivity index (χ0v) is 20.1. The molecule has 0 spiro atoms. The number of rotatable bonds is 11. The summed E-state index contributed by atoms with van der Waals surface area (Å²) < 4.78 is 12.0. The molecule has 1 aliphatic carbocycles. The van der Waals surface area contributed by atoms with Crippen LogP contribution in [0.1, 0.15) is 56.1 Å². The highest BCUT2D eigenvalue weighted by Gasteiger charge is 2.20. The van der Waals surface area contributed by atoms with Crippen molar-refractivity contribution in [2.75, 3.05) is 19.8 Å². The van der Waals surface area contributed by atoms with Gasteiger partial charge in [-0.05, 0) is 91.0 Å². The lowest BCUT2D eigenvalue weighted by atomic mass is 9.81. The molecule has 4 rings (SSSR count). The van der Waals surface area contributed by atoms with E-state index in [-0.39, 0.29) is 5.91 Å². The molecule has 4 heteroatoms. The lowest BCUT2D eigenvalue weighted by molar-refractivity contribution is -0.118. The molecule has 1 N–H and O–H groups in total. The maximum atomic E-state index is 11.2. The molecule has 0 fully saturated rings. The Morgan fingerprint density at radius 2 is 1.62 bits per heavy atom. The molecular weight excluding hydrogens is 422 g/mol. The third-order valence-electron chi connectivity index (χ3n) is 6.44. The van der Waals surface area contributed by atoms with Crippen molar-refractivity contribution in [1.82, 2.24) is 5.32 Å². The summed E-state index contributed by atoms with van der Waals surface area (Å²) in [7, 11) is 0. The number of benzene rings is 3. The van der Waals surface area contributed by atoms with Crippen LogP contribution in [0.3, 0.4) is 0 Å². The molecular formula is C30H35NO3. The molecule has 1 amide bonds. The van der Waals surface area contributed by atoms with Crippen LogP contribution in [0, 0.1) is 0 Å². The SMILES string of the molecule is CC(=O)NCCC1CCCc2ccc(OCCCCOc3cccc(-c4ccccc4)c3)cc21. The van der Waals surface area contributed by atoms with Gasteiger partial charge in [0.05, 0.1) is 13.2 Å². The van der Waals surface area contributed by atoms with E-state index in [1.807, 2.05) is 18.2 Å². The van der Waals surface area contributed by atoms with Crippen molar-refractivity contribution in [3.8, 4) is 22.6 Å². The van der Waals surface area contributed by atoms with Gasteiger partial charge in [-0.1, -0.05) is 48.5 Å². The average molecular weight is 458 g/mol. The minimum atomic E-state index is 0.0426. The second-order valence-corrected chi connectivity index (χ2v) is 9.02. The molecule has 0 radical (unpaired) electrons. The maximum absolute atomic E-state index is 11.2. The van der Waals surface area contributed by atoms with Gasteiger partial charge in [-0.2, -0.15) is 0 Å². The number of fused-ring (bicyclic) bond motifs is 1. The van der Waals surface area contributed by atoms with Crippen LogP contribution in [-0.4, -0.2) is 25.7 Å². The van der Waals surface area contributed by atoms with Crippen molar-refractivity contribution in [3.05, 3.63) is 83.9 Å². The van der Waals surface area contributed by atoms with E-state index in [0.717, 1.165) is 43.7 Å². The van der Waals surface area contributed by atoms with Crippen molar-refractivity contribution in [1.29, 1.82) is 0 Å². The first-order valence-electron chi connectivity index (χ1n) is 12.5. The molecule has 3 aromatic carbocycles. The minimum absolute atomic E-state index is 0.0426. The number of aryl methyl sites for hydroxylation is 1. The Bertz CT molecular complexity index is 1060. The highest BCUT2D eigenvalue weighted by Crippen LogP contribution is 2.36. The van der Waals surface area contributed by atoms with E-state index < -0.39 is 0 Å². The summed E-state index contributed by atoms with van der Waals surface area (Å²) in [4.78, 5) is 11.2. The molecule has 1 unspecified atom stereocenters. The fraction of sp³-hybridized carbons (Fsp3) is 0.367. The van der Waals surface area contributed by atoms with Crippen molar-refractivity contribution in [2.24, 2.45) is 0 Å². The third kappa shape index (κ3) is 6.86. The number of carbonyl (C=O) groups excluding carboxylic acids is 1. The van der Waals surface area contributed by atoms with Crippen LogP contribution in [0.4, 0.5) is 0 Å². The Kier molecular flexibility index (Phi) is 8.61. The lowest BCUT2D eigenvalue weighted by Crippen LogP contribution is -2.23. The number of carbonyl (C=O) groups is 1. The van der Waals surface area contributed by atoms with Gasteiger partial charge in [-0.15, -0.1) is 0 Å². The van der Waals surface area contributed by atoms with Gasteiger partial charge in [0.25, 0.3) is 0 Å². The first kappa shape index (κ1) is 23.9. The summed E-state index contributed by atoms with van der Waals surface area (Å²) in [6.07, 6.45) is 6.40. The molecule has 34 heavy (non-hydrogen) atoms. The Morgan fingerprint density at radius 3 is 2.38 bits per heavy atom. The number of hydrogen-bond acceptors (Lipinski definition) is 3. The fourth-order valence-electron chi connectivity index (χ4n) is 4.67. The van der Waals surface area contributed by atoms with Gasteiger partial charge in [-0.3, -0.25) is 4.79 Å². The summed E-state index contributed by atoms with van der Waals surface area (Å²) in [6, 6.07) is 25.2. The Morgan fingerprint density at radius 1 is 0.882 bits per heavy atom. The minimum Gasteiger partial charge on any atom is -0.494 e. The number of amides is 1. The van der Waals surface area contributed by atoms with Crippen LogP contribution < -0.4 is 14.8 Å². The standard InChI is InChI=1S/C30H35NO3/c1-23(32)31-18-17-26-12-7-11-25-15-16-29(22-30(25)26)34-20-6-5-19-33-28-14-8-13-27(21-28)24-9-3-2-4-10-24/h2-4,8-10,13-16,21-22,26H,5-7,11-12,17-20H2,1H3,(H,31,32). The monoisotopic (exact) mass is 457 g/mol. The topological polar surface area (TPSA) is 47.6 Å². The highest BCUT2D eigenvalue weighted by atomic mass is 16.5. The average Bonchev–Trinajstić information content (AvgIpc) is 2.87. The molecule has 0 aromatic heterocycles. The van der Waals surface area contributed by atoms with Gasteiger partial charge in [0.15, 0.2) is 0 Å². The van der Waals surface area contributed by atoms with E-state index in [1.165, 1.54) is 35.1 Å². The van der Waals surface area contributed by atoms with Crippen LogP contribution in [0.5, 0.6) is 11.5 Å². The fourth-order valence-corrected chi connectivity index (χ4v) is 4.67. The highest BCUT2D eigenvalue weighted by molar-refractivity contribution is 5.72. The van der Waals surface area contributed by atoms with Crippen molar-refractivity contribution >= 4 is 5.91 Å². The van der Waals surface area contributed by atoms with Crippen LogP contribution in [0.25, 0.3) is 11.1 Å². The van der Waals surface area contributed by atoms with E-state index in [0.29, 0.717) is 19.1 Å². The Hall–Kier alpha value is -3.27. The summed E-state index contributed by atoms with van der Waals surface area (Å²) in [5.74, 6) is 2.39. The molecule has 4 nitrogen and oxygen atoms in total. The Labute approximate surface area is 203 Å². The molecule has 0 heterocycles. The van der Waals surface area contributed by atoms with E-state index >= 15 is 0 Å². The number of hydrogen-bond donors (Lipinski definition) is 1. The van der Waals surface area contributed by atoms with E-state index in [4.69, 9.17) is 9.47 Å². The quantitative estimate of drug-likeness (QED) is 0.333. The summed E-state index contributed by atoms with van der Waals surface area (Å²) in [6.45, 7) is 3.67. The van der Waals surface area contributed by atoms with Gasteiger partial charge in [0.2, 0.25) is 5.91 Å². The van der Waals surface area contributed by atoms with Gasteiger partial charge in [0.1, 0.15) is 11.5 Å². The lowest BCUT2D eigenvalue weighted by Gasteiger charge is -2.26. The van der Waals surface area contributed by atoms with Crippen LogP contribution in [0.15, 0.2) is 72.8 Å². The predicted octanol–water partition coefficient (Wildman–Crippen LogP) is 6.54. The largest absolute Gasteiger partial charge is 0.494 e. The van der Waals surface area contributed by atoms with Gasteiger partial charge in [0, 0.05) is 13.5 Å². The van der Waals surface area contributed by atoms with Crippen molar-refractivity contribution in [3.63, 3.8) is 0 Å². The predicted molar refractivity (Wildman–Crippen MR) is 138 cm³/mol. The molecule has 1 aliphatic rings. The zero-order chi connectivity index (χ0) is 23.6. The summed E-state index contributed by atoms with van der Waals surface area (Å²) in [5.41, 5.74) is 5.20. The molecule has 3 aromatic rings. The third-order valence-corrected chi connectivity index (χ3v) is 6.44. The number of ether oxygens (including phenoxy) is 2. The van der Waals surface area contributed by atoms with E-state index in [9.17, 15) is 4.79 Å². The molecule has 1 atom stereocenters. The smallest absolute Gasteiger partial charge is 0.216 e. The normalized spacial score (nSPS) is 14.8. The van der Waals surface area contributed by atoms with Gasteiger partial charge < -0.3 is 14.8 Å². The number of unbranched alkanes of at least 4 members (excludes halogenated alkanes) is 1.